The summed E-state index contributed by atoms with van der Waals surface area (Å²) < 4.78 is 2.45. The van der Waals surface area contributed by atoms with Crippen LogP contribution in [-0.2, 0) is 14.1 Å². The van der Waals surface area contributed by atoms with Gasteiger partial charge in [0, 0.05) is 20.1 Å². The van der Waals surface area contributed by atoms with E-state index < -0.39 is 0 Å². The molecule has 21 heavy (non-hydrogen) atoms. The Morgan fingerprint density at radius 1 is 1.33 bits per heavy atom. The fourth-order valence-electron chi connectivity index (χ4n) is 2.10. The summed E-state index contributed by atoms with van der Waals surface area (Å²) in [7, 11) is 3.07. The highest BCUT2D eigenvalue weighted by atomic mass is 32.2. The first kappa shape index (κ1) is 15.7. The maximum atomic E-state index is 12.1. The zero-order chi connectivity index (χ0) is 15.6. The van der Waals surface area contributed by atoms with Crippen LogP contribution < -0.4 is 16.6 Å². The highest BCUT2D eigenvalue weighted by Gasteiger charge is 2.14. The smallest absolute Gasteiger partial charge is 0.332 e. The second kappa shape index (κ2) is 6.38. The molecule has 0 saturated heterocycles. The van der Waals surface area contributed by atoms with E-state index in [0.29, 0.717) is 17.1 Å². The average molecular weight is 311 g/mol. The first-order chi connectivity index (χ1) is 9.95. The molecule has 0 saturated carbocycles. The Morgan fingerprint density at radius 2 is 2.05 bits per heavy atom. The van der Waals surface area contributed by atoms with E-state index in [-0.39, 0.29) is 17.3 Å². The van der Waals surface area contributed by atoms with E-state index in [4.69, 9.17) is 0 Å². The number of aromatic amines is 1. The predicted molar refractivity (Wildman–Crippen MR) is 87.3 cm³/mol. The molecule has 2 aromatic heterocycles. The van der Waals surface area contributed by atoms with Crippen molar-refractivity contribution in [3.8, 4) is 0 Å². The lowest BCUT2D eigenvalue weighted by molar-refractivity contribution is 0.708. The number of fused-ring (bicyclic) bond motifs is 1. The molecule has 2 aromatic rings. The molecule has 0 spiro atoms. The maximum Gasteiger partial charge on any atom is 0.332 e. The molecule has 0 aliphatic carbocycles. The van der Waals surface area contributed by atoms with E-state index in [9.17, 15) is 9.59 Å². The predicted octanol–water partition coefficient (Wildman–Crippen LogP) is 0.904. The van der Waals surface area contributed by atoms with Crippen LogP contribution in [0.1, 0.15) is 20.3 Å². The second-order valence-electron chi connectivity index (χ2n) is 5.02. The number of rotatable bonds is 6. The van der Waals surface area contributed by atoms with Crippen LogP contribution in [0.2, 0.25) is 0 Å². The third-order valence-corrected chi connectivity index (χ3v) is 4.31. The van der Waals surface area contributed by atoms with Gasteiger partial charge in [-0.15, -0.1) is 0 Å². The van der Waals surface area contributed by atoms with Gasteiger partial charge in [-0.25, -0.2) is 4.79 Å². The Hall–Kier alpha value is -1.70. The highest BCUT2D eigenvalue weighted by molar-refractivity contribution is 7.99. The Bertz CT molecular complexity index is 745. The number of aromatic nitrogens is 4. The standard InChI is InChI=1S/C13H21N5O2S/c1-5-21-7-6-8(2)14-12-15-9-10(16-12)17(3)13(20)18(4)11(9)19/h8H,5-7H2,1-4H3,(H2,14,15,16). The van der Waals surface area contributed by atoms with Crippen LogP contribution in [0.3, 0.4) is 0 Å². The molecule has 0 radical (unpaired) electrons. The van der Waals surface area contributed by atoms with E-state index >= 15 is 0 Å². The third kappa shape index (κ3) is 3.15. The van der Waals surface area contributed by atoms with E-state index in [2.05, 4.69) is 29.1 Å². The molecule has 7 nitrogen and oxygen atoms in total. The summed E-state index contributed by atoms with van der Waals surface area (Å²) >= 11 is 1.89. The van der Waals surface area contributed by atoms with Gasteiger partial charge in [0.2, 0.25) is 5.95 Å². The number of hydrogen-bond acceptors (Lipinski definition) is 5. The van der Waals surface area contributed by atoms with Gasteiger partial charge in [-0.05, 0) is 24.9 Å². The molecule has 0 aromatic carbocycles. The zero-order valence-electron chi connectivity index (χ0n) is 12.8. The van der Waals surface area contributed by atoms with Gasteiger partial charge in [-0.3, -0.25) is 13.9 Å². The van der Waals surface area contributed by atoms with Crippen molar-refractivity contribution >= 4 is 28.9 Å². The molecule has 0 amide bonds. The molecular formula is C13H21N5O2S. The van der Waals surface area contributed by atoms with Crippen LogP contribution in [-0.4, -0.2) is 36.6 Å². The number of nitrogens with one attached hydrogen (secondary N) is 2. The van der Waals surface area contributed by atoms with Crippen molar-refractivity contribution in [2.75, 3.05) is 16.8 Å². The van der Waals surface area contributed by atoms with Crippen LogP contribution in [0.5, 0.6) is 0 Å². The van der Waals surface area contributed by atoms with E-state index in [0.717, 1.165) is 22.5 Å². The molecule has 1 unspecified atom stereocenters. The molecule has 0 aliphatic rings. The van der Waals surface area contributed by atoms with Gasteiger partial charge in [0.25, 0.3) is 5.56 Å². The Kier molecular flexibility index (Phi) is 4.76. The molecular weight excluding hydrogens is 290 g/mol. The lowest BCUT2D eigenvalue weighted by atomic mass is 10.3. The lowest BCUT2D eigenvalue weighted by Gasteiger charge is -2.11. The Labute approximate surface area is 126 Å². The van der Waals surface area contributed by atoms with Gasteiger partial charge in [0.05, 0.1) is 0 Å². The van der Waals surface area contributed by atoms with Gasteiger partial charge < -0.3 is 10.3 Å². The van der Waals surface area contributed by atoms with E-state index in [1.807, 2.05) is 11.8 Å². The van der Waals surface area contributed by atoms with E-state index in [1.165, 1.54) is 11.6 Å². The number of anilines is 1. The first-order valence-electron chi connectivity index (χ1n) is 6.95. The summed E-state index contributed by atoms with van der Waals surface area (Å²) in [4.78, 5) is 31.2. The van der Waals surface area contributed by atoms with Crippen molar-refractivity contribution in [3.63, 3.8) is 0 Å². The number of nitrogens with zero attached hydrogens (tertiary/aromatic N) is 3. The summed E-state index contributed by atoms with van der Waals surface area (Å²) in [6.07, 6.45) is 1.01. The minimum Gasteiger partial charge on any atom is -0.353 e. The van der Waals surface area contributed by atoms with Gasteiger partial charge in [0.1, 0.15) is 0 Å². The van der Waals surface area contributed by atoms with Crippen molar-refractivity contribution in [2.45, 2.75) is 26.3 Å². The van der Waals surface area contributed by atoms with Crippen molar-refractivity contribution in [1.82, 2.24) is 19.1 Å². The number of thioether (sulfide) groups is 1. The molecule has 2 heterocycles. The highest BCUT2D eigenvalue weighted by Crippen LogP contribution is 2.12. The van der Waals surface area contributed by atoms with Gasteiger partial charge in [0.15, 0.2) is 11.2 Å². The van der Waals surface area contributed by atoms with Crippen molar-refractivity contribution in [2.24, 2.45) is 14.1 Å². The second-order valence-corrected chi connectivity index (χ2v) is 6.41. The molecule has 0 fully saturated rings. The summed E-state index contributed by atoms with van der Waals surface area (Å²) in [6.45, 7) is 4.21. The first-order valence-corrected chi connectivity index (χ1v) is 8.11. The Morgan fingerprint density at radius 3 is 2.71 bits per heavy atom. The monoisotopic (exact) mass is 311 g/mol. The van der Waals surface area contributed by atoms with Gasteiger partial charge >= 0.3 is 5.69 Å². The van der Waals surface area contributed by atoms with Gasteiger partial charge in [-0.2, -0.15) is 16.7 Å². The van der Waals surface area contributed by atoms with Crippen LogP contribution >= 0.6 is 11.8 Å². The molecule has 0 bridgehead atoms. The Balaban J connectivity index is 2.28. The molecule has 116 valence electrons. The lowest BCUT2D eigenvalue weighted by Crippen LogP contribution is -2.36. The summed E-state index contributed by atoms with van der Waals surface area (Å²) in [5.74, 6) is 2.71. The number of H-pyrrole nitrogens is 1. The molecule has 1 atom stereocenters. The molecule has 2 N–H and O–H groups in total. The SMILES string of the molecule is CCSCCC(C)Nc1nc2c([nH]1)c(=O)n(C)c(=O)n2C. The maximum absolute atomic E-state index is 12.1. The van der Waals surface area contributed by atoms with Crippen molar-refractivity contribution in [1.29, 1.82) is 0 Å². The summed E-state index contributed by atoms with van der Waals surface area (Å²) in [5.41, 5.74) is -0.0150. The molecule has 8 heteroatoms. The topological polar surface area (TPSA) is 84.7 Å². The fraction of sp³-hybridized carbons (Fsp3) is 0.615. The third-order valence-electron chi connectivity index (χ3n) is 3.38. The number of aryl methyl sites for hydroxylation is 1. The minimum absolute atomic E-state index is 0.241. The quantitative estimate of drug-likeness (QED) is 0.775. The minimum atomic E-state index is -0.377. The fourth-order valence-corrected chi connectivity index (χ4v) is 2.91. The number of imidazole rings is 1. The van der Waals surface area contributed by atoms with Crippen molar-refractivity contribution < 1.29 is 0 Å². The van der Waals surface area contributed by atoms with Crippen LogP contribution in [0.4, 0.5) is 5.95 Å². The molecule has 2 rings (SSSR count). The zero-order valence-corrected chi connectivity index (χ0v) is 13.6. The van der Waals surface area contributed by atoms with Crippen molar-refractivity contribution in [3.05, 3.63) is 20.8 Å². The largest absolute Gasteiger partial charge is 0.353 e. The van der Waals surface area contributed by atoms with Crippen LogP contribution in [0, 0.1) is 0 Å². The summed E-state index contributed by atoms with van der Waals surface area (Å²) in [6, 6.07) is 0.241. The van der Waals surface area contributed by atoms with Crippen LogP contribution in [0.15, 0.2) is 9.59 Å². The van der Waals surface area contributed by atoms with E-state index in [1.54, 1.807) is 7.05 Å². The average Bonchev–Trinajstić information content (AvgIpc) is 2.87. The number of hydrogen-bond donors (Lipinski definition) is 2. The van der Waals surface area contributed by atoms with Crippen LogP contribution in [0.25, 0.3) is 11.2 Å². The summed E-state index contributed by atoms with van der Waals surface area (Å²) in [5, 5.41) is 3.24. The molecule has 0 aliphatic heterocycles. The van der Waals surface area contributed by atoms with Gasteiger partial charge in [-0.1, -0.05) is 6.92 Å². The normalized spacial score (nSPS) is 12.8.